The summed E-state index contributed by atoms with van der Waals surface area (Å²) in [5.74, 6) is 1.19. The molecule has 0 radical (unpaired) electrons. The number of nitrogens with one attached hydrogen (secondary N) is 1. The summed E-state index contributed by atoms with van der Waals surface area (Å²) >= 11 is 0. The Bertz CT molecular complexity index is 1020. The lowest BCUT2D eigenvalue weighted by molar-refractivity contribution is 0.0695. The quantitative estimate of drug-likeness (QED) is 0.795. The van der Waals surface area contributed by atoms with Gasteiger partial charge in [0.25, 0.3) is 11.5 Å². The number of hydrogen-bond acceptors (Lipinski definition) is 3. The molecule has 6 heteroatoms. The summed E-state index contributed by atoms with van der Waals surface area (Å²) in [7, 11) is 0. The van der Waals surface area contributed by atoms with E-state index in [0.29, 0.717) is 33.9 Å². The fourth-order valence-corrected chi connectivity index (χ4v) is 3.42. The van der Waals surface area contributed by atoms with Gasteiger partial charge < -0.3 is 9.88 Å². The van der Waals surface area contributed by atoms with E-state index in [-0.39, 0.29) is 17.5 Å². The first kappa shape index (κ1) is 15.9. The molecule has 1 saturated carbocycles. The Hall–Kier alpha value is -2.63. The summed E-state index contributed by atoms with van der Waals surface area (Å²) in [6.45, 7) is 7.02. The fraction of sp³-hybridized carbons (Fsp3) is 0.421. The zero-order chi connectivity index (χ0) is 17.7. The predicted molar refractivity (Wildman–Crippen MR) is 96.8 cm³/mol. The third-order valence-electron chi connectivity index (χ3n) is 5.20. The fourth-order valence-electron chi connectivity index (χ4n) is 3.42. The first-order valence-corrected chi connectivity index (χ1v) is 8.77. The van der Waals surface area contributed by atoms with Crippen molar-refractivity contribution in [2.75, 3.05) is 6.54 Å². The zero-order valence-corrected chi connectivity index (χ0v) is 14.7. The number of aromatic nitrogens is 3. The molecular weight excluding hydrogens is 316 g/mol. The topological polar surface area (TPSA) is 70.5 Å². The van der Waals surface area contributed by atoms with Crippen LogP contribution in [0.25, 0.3) is 16.6 Å². The van der Waals surface area contributed by atoms with Crippen molar-refractivity contribution in [1.29, 1.82) is 0 Å². The van der Waals surface area contributed by atoms with Gasteiger partial charge in [0.1, 0.15) is 11.2 Å². The standard InChI is InChI=1S/C19H22N4O2/c1-11(2)22(10-13-8-12(13)3)19(25)15-9-20-23-16-7-5-4-6-14(16)18(24)21-17(15)23/h4-7,9,11-13H,8,10H2,1-3H3,(H,21,24). The van der Waals surface area contributed by atoms with Crippen LogP contribution >= 0.6 is 0 Å². The molecule has 0 saturated heterocycles. The van der Waals surface area contributed by atoms with Crippen LogP contribution in [-0.2, 0) is 0 Å². The van der Waals surface area contributed by atoms with Crippen LogP contribution in [0.15, 0.2) is 35.3 Å². The molecule has 0 bridgehead atoms. The van der Waals surface area contributed by atoms with Crippen LogP contribution in [0.3, 0.4) is 0 Å². The van der Waals surface area contributed by atoms with Gasteiger partial charge >= 0.3 is 0 Å². The maximum absolute atomic E-state index is 13.1. The van der Waals surface area contributed by atoms with Gasteiger partial charge in [0, 0.05) is 12.6 Å². The Labute approximate surface area is 145 Å². The van der Waals surface area contributed by atoms with Gasteiger partial charge in [-0.15, -0.1) is 0 Å². The Balaban J connectivity index is 1.80. The second-order valence-corrected chi connectivity index (χ2v) is 7.31. The summed E-state index contributed by atoms with van der Waals surface area (Å²) in [5.41, 5.74) is 1.41. The van der Waals surface area contributed by atoms with Crippen LogP contribution < -0.4 is 5.56 Å². The van der Waals surface area contributed by atoms with E-state index in [1.165, 1.54) is 6.42 Å². The molecule has 4 rings (SSSR count). The number of aromatic amines is 1. The van der Waals surface area contributed by atoms with Gasteiger partial charge in [0.15, 0.2) is 0 Å². The Kier molecular flexibility index (Phi) is 3.63. The first-order valence-electron chi connectivity index (χ1n) is 8.77. The Morgan fingerprint density at radius 3 is 2.80 bits per heavy atom. The molecule has 2 unspecified atom stereocenters. The average Bonchev–Trinajstić information content (AvgIpc) is 3.12. The lowest BCUT2D eigenvalue weighted by atomic mass is 10.2. The molecule has 0 spiro atoms. The number of para-hydroxylation sites is 1. The van der Waals surface area contributed by atoms with Crippen molar-refractivity contribution >= 4 is 22.5 Å². The van der Waals surface area contributed by atoms with Crippen molar-refractivity contribution in [3.63, 3.8) is 0 Å². The maximum Gasteiger partial charge on any atom is 0.259 e. The molecule has 130 valence electrons. The highest BCUT2D eigenvalue weighted by Crippen LogP contribution is 2.38. The molecule has 2 aromatic heterocycles. The lowest BCUT2D eigenvalue weighted by Crippen LogP contribution is -2.38. The van der Waals surface area contributed by atoms with Gasteiger partial charge in [-0.3, -0.25) is 9.59 Å². The minimum atomic E-state index is -0.204. The molecule has 1 aliphatic rings. The molecule has 1 fully saturated rings. The molecule has 1 N–H and O–H groups in total. The van der Waals surface area contributed by atoms with E-state index in [9.17, 15) is 9.59 Å². The van der Waals surface area contributed by atoms with Gasteiger partial charge in [-0.2, -0.15) is 5.10 Å². The van der Waals surface area contributed by atoms with E-state index in [0.717, 1.165) is 6.54 Å². The molecule has 6 nitrogen and oxygen atoms in total. The normalized spacial score (nSPS) is 19.7. The number of nitrogens with zero attached hydrogens (tertiary/aromatic N) is 3. The molecule has 0 aliphatic heterocycles. The molecule has 1 amide bonds. The number of hydrogen-bond donors (Lipinski definition) is 1. The lowest BCUT2D eigenvalue weighted by Gasteiger charge is -2.26. The third-order valence-corrected chi connectivity index (χ3v) is 5.20. The minimum absolute atomic E-state index is 0.0740. The third kappa shape index (κ3) is 2.62. The number of H-pyrrole nitrogens is 1. The number of carbonyl (C=O) groups excluding carboxylic acids is 1. The van der Waals surface area contributed by atoms with E-state index >= 15 is 0 Å². The van der Waals surface area contributed by atoms with E-state index in [2.05, 4.69) is 17.0 Å². The largest absolute Gasteiger partial charge is 0.336 e. The van der Waals surface area contributed by atoms with Crippen molar-refractivity contribution < 1.29 is 4.79 Å². The SMILES string of the molecule is CC1CC1CN(C(=O)c1cnn2c1[nH]c(=O)c1ccccc12)C(C)C. The summed E-state index contributed by atoms with van der Waals surface area (Å²) in [6, 6.07) is 7.37. The average molecular weight is 338 g/mol. The number of rotatable bonds is 4. The van der Waals surface area contributed by atoms with Gasteiger partial charge in [-0.1, -0.05) is 19.1 Å². The number of amides is 1. The van der Waals surface area contributed by atoms with Gasteiger partial charge in [0.2, 0.25) is 0 Å². The summed E-state index contributed by atoms with van der Waals surface area (Å²) in [4.78, 5) is 30.2. The monoisotopic (exact) mass is 338 g/mol. The van der Waals surface area contributed by atoms with Crippen molar-refractivity contribution in [2.45, 2.75) is 33.2 Å². The highest BCUT2D eigenvalue weighted by atomic mass is 16.2. The van der Waals surface area contributed by atoms with Crippen molar-refractivity contribution in [3.05, 3.63) is 46.4 Å². The zero-order valence-electron chi connectivity index (χ0n) is 14.7. The molecule has 2 atom stereocenters. The molecular formula is C19H22N4O2. The second kappa shape index (κ2) is 5.72. The van der Waals surface area contributed by atoms with Crippen molar-refractivity contribution in [2.24, 2.45) is 11.8 Å². The molecule has 1 aliphatic carbocycles. The number of fused-ring (bicyclic) bond motifs is 3. The van der Waals surface area contributed by atoms with E-state index in [1.54, 1.807) is 16.8 Å². The molecule has 3 aromatic rings. The van der Waals surface area contributed by atoms with Crippen LogP contribution in [0.2, 0.25) is 0 Å². The van der Waals surface area contributed by atoms with E-state index in [1.807, 2.05) is 36.9 Å². The smallest absolute Gasteiger partial charge is 0.259 e. The number of carbonyl (C=O) groups is 1. The summed E-state index contributed by atoms with van der Waals surface area (Å²) < 4.78 is 1.64. The summed E-state index contributed by atoms with van der Waals surface area (Å²) in [6.07, 6.45) is 2.73. The summed E-state index contributed by atoms with van der Waals surface area (Å²) in [5, 5.41) is 4.92. The molecule has 2 heterocycles. The van der Waals surface area contributed by atoms with Crippen LogP contribution in [0.4, 0.5) is 0 Å². The van der Waals surface area contributed by atoms with E-state index in [4.69, 9.17) is 0 Å². The van der Waals surface area contributed by atoms with Gasteiger partial charge in [-0.05, 0) is 44.2 Å². The van der Waals surface area contributed by atoms with Crippen molar-refractivity contribution in [3.8, 4) is 0 Å². The highest BCUT2D eigenvalue weighted by molar-refractivity contribution is 6.00. The predicted octanol–water partition coefficient (Wildman–Crippen LogP) is 2.68. The Morgan fingerprint density at radius 1 is 1.40 bits per heavy atom. The van der Waals surface area contributed by atoms with Crippen LogP contribution in [0.5, 0.6) is 0 Å². The van der Waals surface area contributed by atoms with Crippen LogP contribution in [-0.4, -0.2) is 38.0 Å². The maximum atomic E-state index is 13.1. The second-order valence-electron chi connectivity index (χ2n) is 7.31. The van der Waals surface area contributed by atoms with Crippen LogP contribution in [0.1, 0.15) is 37.6 Å². The highest BCUT2D eigenvalue weighted by Gasteiger charge is 2.36. The molecule has 1 aromatic carbocycles. The van der Waals surface area contributed by atoms with Crippen LogP contribution in [0, 0.1) is 11.8 Å². The minimum Gasteiger partial charge on any atom is -0.336 e. The number of benzene rings is 1. The van der Waals surface area contributed by atoms with Crippen molar-refractivity contribution in [1.82, 2.24) is 19.5 Å². The first-order chi connectivity index (χ1) is 12.0. The molecule has 25 heavy (non-hydrogen) atoms. The van der Waals surface area contributed by atoms with E-state index < -0.39 is 0 Å². The van der Waals surface area contributed by atoms with Gasteiger partial charge in [-0.25, -0.2) is 4.52 Å². The van der Waals surface area contributed by atoms with Gasteiger partial charge in [0.05, 0.1) is 17.1 Å². The Morgan fingerprint density at radius 2 is 2.12 bits per heavy atom.